The molecule has 108 valence electrons. The van der Waals surface area contributed by atoms with Crippen molar-refractivity contribution < 1.29 is 17.9 Å². The second-order valence-corrected chi connectivity index (χ2v) is 6.20. The molecule has 0 aromatic heterocycles. The zero-order valence-corrected chi connectivity index (χ0v) is 11.8. The SMILES string of the molecule is Cc1ccc(F)c(S(=O)(=O)NCCCCCCO)c1. The predicted octanol–water partition coefficient (Wildman–Crippen LogP) is 1.97. The Kier molecular flexibility index (Phi) is 6.41. The van der Waals surface area contributed by atoms with E-state index in [4.69, 9.17) is 5.11 Å². The standard InChI is InChI=1S/C13H20FNO3S/c1-11-6-7-12(14)13(10-11)19(17,18)15-8-4-2-3-5-9-16/h6-7,10,15-16H,2-5,8-9H2,1H3. The van der Waals surface area contributed by atoms with Crippen LogP contribution < -0.4 is 4.72 Å². The molecule has 0 unspecified atom stereocenters. The third-order valence-electron chi connectivity index (χ3n) is 2.75. The van der Waals surface area contributed by atoms with Crippen molar-refractivity contribution in [2.24, 2.45) is 0 Å². The lowest BCUT2D eigenvalue weighted by Gasteiger charge is -2.08. The summed E-state index contributed by atoms with van der Waals surface area (Å²) < 4.78 is 39.7. The van der Waals surface area contributed by atoms with E-state index in [1.54, 1.807) is 6.92 Å². The number of sulfonamides is 1. The lowest BCUT2D eigenvalue weighted by atomic mass is 10.2. The van der Waals surface area contributed by atoms with Gasteiger partial charge < -0.3 is 5.11 Å². The van der Waals surface area contributed by atoms with Gasteiger partial charge in [0.05, 0.1) is 0 Å². The van der Waals surface area contributed by atoms with Crippen molar-refractivity contribution in [1.82, 2.24) is 4.72 Å². The summed E-state index contributed by atoms with van der Waals surface area (Å²) in [6.45, 7) is 2.15. The topological polar surface area (TPSA) is 66.4 Å². The molecular formula is C13H20FNO3S. The van der Waals surface area contributed by atoms with E-state index in [0.717, 1.165) is 25.3 Å². The highest BCUT2D eigenvalue weighted by molar-refractivity contribution is 7.89. The van der Waals surface area contributed by atoms with Gasteiger partial charge in [-0.15, -0.1) is 0 Å². The maximum absolute atomic E-state index is 13.5. The van der Waals surface area contributed by atoms with Gasteiger partial charge in [0.1, 0.15) is 10.7 Å². The van der Waals surface area contributed by atoms with Crippen LogP contribution >= 0.6 is 0 Å². The van der Waals surface area contributed by atoms with Gasteiger partial charge in [0.25, 0.3) is 0 Å². The molecule has 1 rings (SSSR count). The van der Waals surface area contributed by atoms with Gasteiger partial charge in [-0.05, 0) is 37.5 Å². The van der Waals surface area contributed by atoms with E-state index in [2.05, 4.69) is 4.72 Å². The molecule has 1 aromatic rings. The van der Waals surface area contributed by atoms with Crippen LogP contribution in [0.1, 0.15) is 31.2 Å². The molecule has 4 nitrogen and oxygen atoms in total. The maximum atomic E-state index is 13.5. The average Bonchev–Trinajstić information content (AvgIpc) is 2.36. The Balaban J connectivity index is 2.54. The summed E-state index contributed by atoms with van der Waals surface area (Å²) in [6.07, 6.45) is 3.09. The predicted molar refractivity (Wildman–Crippen MR) is 71.9 cm³/mol. The molecule has 0 atom stereocenters. The van der Waals surface area contributed by atoms with Gasteiger partial charge >= 0.3 is 0 Å². The highest BCUT2D eigenvalue weighted by Crippen LogP contribution is 2.15. The van der Waals surface area contributed by atoms with Crippen LogP contribution in [0.4, 0.5) is 4.39 Å². The number of halogens is 1. The summed E-state index contributed by atoms with van der Waals surface area (Å²) in [5.41, 5.74) is 0.699. The second-order valence-electron chi connectivity index (χ2n) is 4.47. The molecule has 19 heavy (non-hydrogen) atoms. The number of rotatable bonds is 8. The number of hydrogen-bond acceptors (Lipinski definition) is 3. The molecule has 0 amide bonds. The Morgan fingerprint density at radius 2 is 1.89 bits per heavy atom. The minimum atomic E-state index is -3.78. The zero-order chi connectivity index (χ0) is 14.3. The lowest BCUT2D eigenvalue weighted by Crippen LogP contribution is -2.25. The van der Waals surface area contributed by atoms with Gasteiger partial charge in [-0.25, -0.2) is 17.5 Å². The molecule has 0 aliphatic rings. The van der Waals surface area contributed by atoms with E-state index < -0.39 is 15.8 Å². The smallest absolute Gasteiger partial charge is 0.243 e. The number of unbranched alkanes of at least 4 members (excludes halogenated alkanes) is 3. The minimum Gasteiger partial charge on any atom is -0.396 e. The van der Waals surface area contributed by atoms with Crippen LogP contribution in [0.25, 0.3) is 0 Å². The van der Waals surface area contributed by atoms with E-state index in [1.807, 2.05) is 0 Å². The first-order chi connectivity index (χ1) is 8.97. The molecule has 0 spiro atoms. The quantitative estimate of drug-likeness (QED) is 0.719. The fourth-order valence-electron chi connectivity index (χ4n) is 1.69. The lowest BCUT2D eigenvalue weighted by molar-refractivity contribution is 0.282. The Bertz CT molecular complexity index is 503. The summed E-state index contributed by atoms with van der Waals surface area (Å²) in [5, 5.41) is 8.60. The number of aryl methyl sites for hydroxylation is 1. The molecule has 0 saturated carbocycles. The normalized spacial score (nSPS) is 11.7. The van der Waals surface area contributed by atoms with Crippen LogP contribution in [-0.4, -0.2) is 26.7 Å². The van der Waals surface area contributed by atoms with Crippen molar-refractivity contribution in [3.05, 3.63) is 29.6 Å². The van der Waals surface area contributed by atoms with Crippen LogP contribution in [0.15, 0.2) is 23.1 Å². The van der Waals surface area contributed by atoms with E-state index in [-0.39, 0.29) is 18.0 Å². The molecule has 2 N–H and O–H groups in total. The third kappa shape index (κ3) is 5.26. The van der Waals surface area contributed by atoms with Crippen LogP contribution in [0.2, 0.25) is 0 Å². The number of aliphatic hydroxyl groups excluding tert-OH is 1. The van der Waals surface area contributed by atoms with E-state index >= 15 is 0 Å². The van der Waals surface area contributed by atoms with Crippen LogP contribution in [-0.2, 0) is 10.0 Å². The molecule has 6 heteroatoms. The van der Waals surface area contributed by atoms with Crippen molar-refractivity contribution in [1.29, 1.82) is 0 Å². The molecule has 0 bridgehead atoms. The first-order valence-electron chi connectivity index (χ1n) is 6.34. The van der Waals surface area contributed by atoms with Crippen LogP contribution in [0.5, 0.6) is 0 Å². The third-order valence-corrected chi connectivity index (χ3v) is 4.23. The largest absolute Gasteiger partial charge is 0.396 e. The Labute approximate surface area is 113 Å². The van der Waals surface area contributed by atoms with Gasteiger partial charge in [-0.2, -0.15) is 0 Å². The maximum Gasteiger partial charge on any atom is 0.243 e. The highest BCUT2D eigenvalue weighted by Gasteiger charge is 2.18. The minimum absolute atomic E-state index is 0.153. The Morgan fingerprint density at radius 3 is 2.58 bits per heavy atom. The fourth-order valence-corrected chi connectivity index (χ4v) is 2.93. The van der Waals surface area contributed by atoms with Crippen molar-refractivity contribution in [2.75, 3.05) is 13.2 Å². The van der Waals surface area contributed by atoms with Gasteiger partial charge in [-0.3, -0.25) is 0 Å². The second kappa shape index (κ2) is 7.57. The van der Waals surface area contributed by atoms with Crippen LogP contribution in [0.3, 0.4) is 0 Å². The molecule has 0 saturated heterocycles. The van der Waals surface area contributed by atoms with Gasteiger partial charge in [0, 0.05) is 13.2 Å². The Morgan fingerprint density at radius 1 is 1.21 bits per heavy atom. The van der Waals surface area contributed by atoms with E-state index in [9.17, 15) is 12.8 Å². The summed E-state index contributed by atoms with van der Waals surface area (Å²) in [4.78, 5) is -0.303. The number of aliphatic hydroxyl groups is 1. The van der Waals surface area contributed by atoms with Crippen molar-refractivity contribution in [3.8, 4) is 0 Å². The average molecular weight is 289 g/mol. The number of benzene rings is 1. The first-order valence-corrected chi connectivity index (χ1v) is 7.82. The van der Waals surface area contributed by atoms with E-state index in [0.29, 0.717) is 12.0 Å². The number of hydrogen-bond donors (Lipinski definition) is 2. The molecule has 0 aliphatic carbocycles. The van der Waals surface area contributed by atoms with Gasteiger partial charge in [0.2, 0.25) is 10.0 Å². The van der Waals surface area contributed by atoms with Crippen molar-refractivity contribution >= 4 is 10.0 Å². The molecule has 0 radical (unpaired) electrons. The first kappa shape index (κ1) is 16.1. The monoisotopic (exact) mass is 289 g/mol. The van der Waals surface area contributed by atoms with Crippen LogP contribution in [0, 0.1) is 12.7 Å². The fraction of sp³-hybridized carbons (Fsp3) is 0.538. The molecule has 1 aromatic carbocycles. The highest BCUT2D eigenvalue weighted by atomic mass is 32.2. The summed E-state index contributed by atoms with van der Waals surface area (Å²) >= 11 is 0. The molecule has 0 fully saturated rings. The molecular weight excluding hydrogens is 269 g/mol. The van der Waals surface area contributed by atoms with Gasteiger partial charge in [-0.1, -0.05) is 18.9 Å². The summed E-state index contributed by atoms with van der Waals surface area (Å²) in [6, 6.07) is 4.01. The zero-order valence-electron chi connectivity index (χ0n) is 11.0. The van der Waals surface area contributed by atoms with Crippen molar-refractivity contribution in [2.45, 2.75) is 37.5 Å². The molecule has 0 aliphatic heterocycles. The van der Waals surface area contributed by atoms with E-state index in [1.165, 1.54) is 12.1 Å². The summed E-state index contributed by atoms with van der Waals surface area (Å²) in [7, 11) is -3.78. The van der Waals surface area contributed by atoms with Crippen molar-refractivity contribution in [3.63, 3.8) is 0 Å². The molecule has 0 heterocycles. The Hall–Kier alpha value is -0.980. The van der Waals surface area contributed by atoms with Gasteiger partial charge in [0.15, 0.2) is 0 Å². The number of nitrogens with one attached hydrogen (secondary N) is 1. The summed E-state index contributed by atoms with van der Waals surface area (Å²) in [5.74, 6) is -0.738.